The number of carboxylic acids is 1. The summed E-state index contributed by atoms with van der Waals surface area (Å²) in [5, 5.41) is 29.4. The van der Waals surface area contributed by atoms with Crippen LogP contribution in [-0.2, 0) is 4.79 Å². The van der Waals surface area contributed by atoms with Crippen LogP contribution in [0.1, 0.15) is 29.6 Å². The Labute approximate surface area is 122 Å². The Morgan fingerprint density at radius 1 is 1.29 bits per heavy atom. The summed E-state index contributed by atoms with van der Waals surface area (Å²) >= 11 is 0. The molecule has 0 aliphatic rings. The first-order chi connectivity index (χ1) is 9.91. The molecular weight excluding hydrogens is 275 g/mol. The Bertz CT molecular complexity index is 495. The Morgan fingerprint density at radius 2 is 2.00 bits per heavy atom. The van der Waals surface area contributed by atoms with E-state index in [1.807, 2.05) is 0 Å². The number of aliphatic carboxylic acids is 1. The minimum absolute atomic E-state index is 0.245. The highest BCUT2D eigenvalue weighted by atomic mass is 16.4. The number of hydrogen-bond acceptors (Lipinski definition) is 5. The van der Waals surface area contributed by atoms with E-state index in [-0.39, 0.29) is 11.4 Å². The van der Waals surface area contributed by atoms with Crippen LogP contribution in [0.25, 0.3) is 0 Å². The molecule has 8 heteroatoms. The molecule has 114 valence electrons. The highest BCUT2D eigenvalue weighted by Gasteiger charge is 2.13. The second-order valence-electron chi connectivity index (χ2n) is 4.70. The van der Waals surface area contributed by atoms with Gasteiger partial charge >= 0.3 is 13.1 Å². The average Bonchev–Trinajstić information content (AvgIpc) is 2.46. The third-order valence-corrected chi connectivity index (χ3v) is 2.99. The van der Waals surface area contributed by atoms with Crippen LogP contribution in [0, 0.1) is 0 Å². The topological polar surface area (TPSA) is 133 Å². The van der Waals surface area contributed by atoms with Gasteiger partial charge in [0, 0.05) is 12.1 Å². The molecule has 0 bridgehead atoms. The fourth-order valence-electron chi connectivity index (χ4n) is 1.76. The third-order valence-electron chi connectivity index (χ3n) is 2.99. The van der Waals surface area contributed by atoms with E-state index in [2.05, 4.69) is 5.32 Å². The molecule has 0 aliphatic heterocycles. The van der Waals surface area contributed by atoms with Crippen LogP contribution in [0.4, 0.5) is 0 Å². The van der Waals surface area contributed by atoms with Gasteiger partial charge in [0.2, 0.25) is 0 Å². The molecule has 0 aliphatic carbocycles. The van der Waals surface area contributed by atoms with E-state index in [4.69, 9.17) is 20.9 Å². The minimum Gasteiger partial charge on any atom is -0.480 e. The number of unbranched alkanes of at least 4 members (excludes halogenated alkanes) is 1. The van der Waals surface area contributed by atoms with Gasteiger partial charge in [-0.15, -0.1) is 0 Å². The van der Waals surface area contributed by atoms with E-state index >= 15 is 0 Å². The largest absolute Gasteiger partial charge is 0.488 e. The van der Waals surface area contributed by atoms with Crippen molar-refractivity contribution in [3.63, 3.8) is 0 Å². The number of nitrogens with one attached hydrogen (secondary N) is 1. The molecule has 1 atom stereocenters. The van der Waals surface area contributed by atoms with Crippen molar-refractivity contribution in [2.45, 2.75) is 25.3 Å². The van der Waals surface area contributed by atoms with Crippen LogP contribution in [0.2, 0.25) is 0 Å². The minimum atomic E-state index is -1.62. The quantitative estimate of drug-likeness (QED) is 0.298. The highest BCUT2D eigenvalue weighted by Crippen LogP contribution is 2.00. The molecule has 7 nitrogen and oxygen atoms in total. The summed E-state index contributed by atoms with van der Waals surface area (Å²) in [6, 6.07) is 5.18. The summed E-state index contributed by atoms with van der Waals surface area (Å²) < 4.78 is 0. The molecule has 21 heavy (non-hydrogen) atoms. The first kappa shape index (κ1) is 17.2. The summed E-state index contributed by atoms with van der Waals surface area (Å²) in [6.07, 6.45) is 1.58. The molecule has 1 rings (SSSR count). The summed E-state index contributed by atoms with van der Waals surface area (Å²) in [4.78, 5) is 22.3. The Hall–Kier alpha value is -1.90. The Kier molecular flexibility index (Phi) is 6.87. The molecular formula is C13H19BN2O5. The number of carbonyl (C=O) groups is 2. The van der Waals surface area contributed by atoms with Gasteiger partial charge in [-0.3, -0.25) is 9.59 Å². The van der Waals surface area contributed by atoms with Crippen molar-refractivity contribution in [1.29, 1.82) is 0 Å². The van der Waals surface area contributed by atoms with E-state index in [9.17, 15) is 9.59 Å². The summed E-state index contributed by atoms with van der Waals surface area (Å²) in [5.41, 5.74) is 5.94. The molecule has 0 saturated heterocycles. The molecule has 1 aromatic carbocycles. The maximum atomic E-state index is 11.8. The number of carboxylic acid groups (broad SMARTS) is 1. The van der Waals surface area contributed by atoms with Crippen LogP contribution < -0.4 is 16.5 Å². The number of benzene rings is 1. The third kappa shape index (κ3) is 5.94. The van der Waals surface area contributed by atoms with E-state index in [1.54, 1.807) is 12.1 Å². The van der Waals surface area contributed by atoms with Gasteiger partial charge in [0.25, 0.3) is 5.91 Å². The molecule has 0 spiro atoms. The fourth-order valence-corrected chi connectivity index (χ4v) is 1.76. The predicted octanol–water partition coefficient (Wildman–Crippen LogP) is -1.32. The number of carbonyl (C=O) groups excluding carboxylic acids is 1. The van der Waals surface area contributed by atoms with Crippen molar-refractivity contribution < 1.29 is 24.7 Å². The molecule has 0 saturated carbocycles. The van der Waals surface area contributed by atoms with Gasteiger partial charge in [-0.05, 0) is 36.9 Å². The molecule has 0 fully saturated rings. The number of rotatable bonds is 8. The number of hydrogen-bond donors (Lipinski definition) is 5. The van der Waals surface area contributed by atoms with Crippen LogP contribution in [-0.4, -0.2) is 46.7 Å². The summed E-state index contributed by atoms with van der Waals surface area (Å²) in [5.74, 6) is -1.35. The lowest BCUT2D eigenvalue weighted by Gasteiger charge is -2.08. The van der Waals surface area contributed by atoms with Gasteiger partial charge in [0.15, 0.2) is 0 Å². The van der Waals surface area contributed by atoms with Gasteiger partial charge in [0.1, 0.15) is 6.04 Å². The second-order valence-corrected chi connectivity index (χ2v) is 4.70. The number of nitrogens with two attached hydrogens (primary N) is 1. The van der Waals surface area contributed by atoms with Crippen LogP contribution in [0.15, 0.2) is 24.3 Å². The fraction of sp³-hybridized carbons (Fsp3) is 0.385. The zero-order valence-corrected chi connectivity index (χ0v) is 11.5. The van der Waals surface area contributed by atoms with Crippen LogP contribution in [0.3, 0.4) is 0 Å². The SMILES string of the molecule is N[C@@H](CCCCNC(=O)c1cccc(B(O)O)c1)C(=O)O. The monoisotopic (exact) mass is 294 g/mol. The maximum Gasteiger partial charge on any atom is 0.488 e. The van der Waals surface area contributed by atoms with Gasteiger partial charge in [0.05, 0.1) is 0 Å². The normalized spacial score (nSPS) is 11.8. The van der Waals surface area contributed by atoms with Crippen molar-refractivity contribution >= 4 is 24.5 Å². The first-order valence-electron chi connectivity index (χ1n) is 6.64. The summed E-state index contributed by atoms with van der Waals surface area (Å²) in [6.45, 7) is 0.400. The Morgan fingerprint density at radius 3 is 2.62 bits per heavy atom. The highest BCUT2D eigenvalue weighted by molar-refractivity contribution is 6.58. The summed E-state index contributed by atoms with van der Waals surface area (Å²) in [7, 11) is -1.62. The molecule has 0 radical (unpaired) electrons. The van der Waals surface area contributed by atoms with Crippen molar-refractivity contribution in [2.75, 3.05) is 6.54 Å². The molecule has 6 N–H and O–H groups in total. The maximum absolute atomic E-state index is 11.8. The van der Waals surface area contributed by atoms with Gasteiger partial charge in [-0.1, -0.05) is 12.1 Å². The average molecular weight is 294 g/mol. The molecule has 0 unspecified atom stereocenters. The standard InChI is InChI=1S/C13H19BN2O5/c15-11(13(18)19)6-1-2-7-16-12(17)9-4-3-5-10(8-9)14(20)21/h3-5,8,11,20-21H,1-2,6-7,15H2,(H,16,17)(H,18,19)/t11-/m0/s1. The molecule has 1 amide bonds. The van der Waals surface area contributed by atoms with Crippen LogP contribution in [0.5, 0.6) is 0 Å². The Balaban J connectivity index is 2.34. The second kappa shape index (κ2) is 8.40. The zero-order valence-electron chi connectivity index (χ0n) is 11.5. The predicted molar refractivity (Wildman–Crippen MR) is 78.1 cm³/mol. The number of amides is 1. The van der Waals surface area contributed by atoms with E-state index < -0.39 is 19.1 Å². The lowest BCUT2D eigenvalue weighted by atomic mass is 9.79. The van der Waals surface area contributed by atoms with E-state index in [0.29, 0.717) is 31.4 Å². The van der Waals surface area contributed by atoms with E-state index in [1.165, 1.54) is 12.1 Å². The smallest absolute Gasteiger partial charge is 0.480 e. The van der Waals surface area contributed by atoms with Gasteiger partial charge in [-0.25, -0.2) is 0 Å². The zero-order chi connectivity index (χ0) is 15.8. The van der Waals surface area contributed by atoms with E-state index in [0.717, 1.165) is 0 Å². The molecule has 0 aromatic heterocycles. The van der Waals surface area contributed by atoms with Crippen LogP contribution >= 0.6 is 0 Å². The van der Waals surface area contributed by atoms with Gasteiger partial charge in [-0.2, -0.15) is 0 Å². The molecule has 1 aromatic rings. The van der Waals surface area contributed by atoms with Crippen molar-refractivity contribution in [1.82, 2.24) is 5.32 Å². The van der Waals surface area contributed by atoms with Crippen molar-refractivity contribution in [3.05, 3.63) is 29.8 Å². The van der Waals surface area contributed by atoms with Gasteiger partial charge < -0.3 is 26.2 Å². The first-order valence-corrected chi connectivity index (χ1v) is 6.64. The molecule has 0 heterocycles. The lowest BCUT2D eigenvalue weighted by Crippen LogP contribution is -2.32. The van der Waals surface area contributed by atoms with Crippen molar-refractivity contribution in [3.8, 4) is 0 Å². The lowest BCUT2D eigenvalue weighted by molar-refractivity contribution is -0.138. The van der Waals surface area contributed by atoms with Crippen molar-refractivity contribution in [2.24, 2.45) is 5.73 Å².